The van der Waals surface area contributed by atoms with E-state index in [-0.39, 0.29) is 0 Å². The van der Waals surface area contributed by atoms with E-state index < -0.39 is 0 Å². The van der Waals surface area contributed by atoms with Crippen LogP contribution in [-0.4, -0.2) is 6.54 Å². The number of nitrogens with zero attached hydrogens (tertiary/aromatic N) is 3. The van der Waals surface area contributed by atoms with Gasteiger partial charge in [-0.3, -0.25) is 0 Å². The van der Waals surface area contributed by atoms with Gasteiger partial charge >= 0.3 is 0 Å². The van der Waals surface area contributed by atoms with Crippen LogP contribution in [0.2, 0.25) is 0 Å². The summed E-state index contributed by atoms with van der Waals surface area (Å²) in [6, 6.07) is 17.6. The average molecular weight is 271 g/mol. The summed E-state index contributed by atoms with van der Waals surface area (Å²) in [6.45, 7) is 0.390. The minimum absolute atomic E-state index is 0.390. The van der Waals surface area contributed by atoms with Crippen molar-refractivity contribution < 1.29 is 0 Å². The minimum atomic E-state index is 0.390. The molecule has 0 bridgehead atoms. The fourth-order valence-electron chi connectivity index (χ4n) is 1.67. The van der Waals surface area contributed by atoms with Crippen LogP contribution < -0.4 is 0 Å². The normalized spacial score (nSPS) is 8.57. The van der Waals surface area contributed by atoms with Crippen molar-refractivity contribution in [3.05, 3.63) is 81.7 Å². The molecule has 0 aromatic heterocycles. The topological polar surface area (TPSA) is 48.8 Å². The molecule has 0 fully saturated rings. The predicted molar refractivity (Wildman–Crippen MR) is 84.4 cm³/mol. The number of benzene rings is 2. The third-order valence-corrected chi connectivity index (χ3v) is 2.67. The molecule has 21 heavy (non-hydrogen) atoms. The Kier molecular flexibility index (Phi) is 5.52. The van der Waals surface area contributed by atoms with Gasteiger partial charge in [0.1, 0.15) is 0 Å². The average Bonchev–Trinajstić information content (AvgIpc) is 2.55. The molecule has 0 heterocycles. The van der Waals surface area contributed by atoms with Crippen molar-refractivity contribution in [1.29, 1.82) is 0 Å². The van der Waals surface area contributed by atoms with Crippen LogP contribution in [0, 0.1) is 23.7 Å². The van der Waals surface area contributed by atoms with Gasteiger partial charge in [-0.05, 0) is 29.8 Å². The van der Waals surface area contributed by atoms with Crippen LogP contribution >= 0.6 is 0 Å². The lowest BCUT2D eigenvalue weighted by atomic mass is 10.1. The van der Waals surface area contributed by atoms with Gasteiger partial charge in [0, 0.05) is 34.6 Å². The number of hydrogen-bond acceptors (Lipinski definition) is 1. The van der Waals surface area contributed by atoms with E-state index in [0.717, 1.165) is 16.7 Å². The summed E-state index contributed by atoms with van der Waals surface area (Å²) in [6.07, 6.45) is 0.546. The predicted octanol–water partition coefficient (Wildman–Crippen LogP) is 4.14. The Morgan fingerprint density at radius 1 is 0.857 bits per heavy atom. The van der Waals surface area contributed by atoms with E-state index in [2.05, 4.69) is 33.7 Å². The van der Waals surface area contributed by atoms with Crippen molar-refractivity contribution in [2.24, 2.45) is 5.11 Å². The highest BCUT2D eigenvalue weighted by Gasteiger charge is 1.94. The van der Waals surface area contributed by atoms with Crippen molar-refractivity contribution >= 4 is 0 Å². The van der Waals surface area contributed by atoms with Gasteiger partial charge in [0.25, 0.3) is 0 Å². The monoisotopic (exact) mass is 271 g/mol. The molecule has 0 spiro atoms. The second-order valence-corrected chi connectivity index (χ2v) is 4.17. The van der Waals surface area contributed by atoms with Gasteiger partial charge in [-0.25, -0.2) is 0 Å². The molecule has 2 aromatic carbocycles. The zero-order chi connectivity index (χ0) is 14.8. The van der Waals surface area contributed by atoms with E-state index >= 15 is 0 Å². The van der Waals surface area contributed by atoms with Crippen LogP contribution in [-0.2, 0) is 0 Å². The van der Waals surface area contributed by atoms with E-state index in [1.807, 2.05) is 54.6 Å². The smallest absolute Gasteiger partial charge is 0.0405 e. The van der Waals surface area contributed by atoms with Crippen LogP contribution in [0.5, 0.6) is 0 Å². The molecule has 100 valence electrons. The standard InChI is InChI=1S/C18H13N3/c19-21-20-15-7-6-12-17-10-4-5-11-18(17)14-13-16-8-2-1-3-9-16/h1-5,8-11H,7,15H2. The second-order valence-electron chi connectivity index (χ2n) is 4.17. The summed E-state index contributed by atoms with van der Waals surface area (Å²) in [5, 5.41) is 3.45. The molecule has 0 saturated carbocycles. The van der Waals surface area contributed by atoms with Crippen LogP contribution in [0.1, 0.15) is 23.1 Å². The fraction of sp³-hybridized carbons (Fsp3) is 0.111. The highest BCUT2D eigenvalue weighted by Crippen LogP contribution is 2.06. The van der Waals surface area contributed by atoms with E-state index in [1.54, 1.807) is 0 Å². The van der Waals surface area contributed by atoms with Crippen molar-refractivity contribution in [3.63, 3.8) is 0 Å². The molecular formula is C18H13N3. The Morgan fingerprint density at radius 2 is 1.52 bits per heavy atom. The Balaban J connectivity index is 2.18. The molecule has 0 N–H and O–H groups in total. The lowest BCUT2D eigenvalue weighted by molar-refractivity contribution is 1.01. The lowest BCUT2D eigenvalue weighted by Crippen LogP contribution is -1.83. The summed E-state index contributed by atoms with van der Waals surface area (Å²) in [5.74, 6) is 12.3. The summed E-state index contributed by atoms with van der Waals surface area (Å²) in [7, 11) is 0. The third kappa shape index (κ3) is 4.80. The van der Waals surface area contributed by atoms with Crippen molar-refractivity contribution in [2.75, 3.05) is 6.54 Å². The summed E-state index contributed by atoms with van der Waals surface area (Å²) in [4.78, 5) is 2.70. The number of rotatable bonds is 2. The highest BCUT2D eigenvalue weighted by atomic mass is 15.1. The molecule has 0 aliphatic heterocycles. The zero-order valence-corrected chi connectivity index (χ0v) is 11.5. The molecule has 0 radical (unpaired) electrons. The molecular weight excluding hydrogens is 258 g/mol. The first-order chi connectivity index (χ1) is 10.4. The van der Waals surface area contributed by atoms with Gasteiger partial charge in [-0.2, -0.15) is 0 Å². The van der Waals surface area contributed by atoms with Crippen LogP contribution in [0.15, 0.2) is 59.7 Å². The number of azide groups is 1. The fourth-order valence-corrected chi connectivity index (χ4v) is 1.67. The van der Waals surface area contributed by atoms with Crippen LogP contribution in [0.3, 0.4) is 0 Å². The molecule has 3 heteroatoms. The summed E-state index contributed by atoms with van der Waals surface area (Å²) in [5.41, 5.74) is 11.0. The molecule has 0 saturated heterocycles. The van der Waals surface area contributed by atoms with Gasteiger partial charge in [0.2, 0.25) is 0 Å². The van der Waals surface area contributed by atoms with Gasteiger partial charge in [0.05, 0.1) is 0 Å². The maximum atomic E-state index is 8.20. The van der Waals surface area contributed by atoms with Gasteiger partial charge in [-0.15, -0.1) is 0 Å². The molecule has 2 aromatic rings. The Bertz CT molecular complexity index is 765. The molecule has 0 amide bonds. The second kappa shape index (κ2) is 8.12. The molecule has 2 rings (SSSR count). The molecule has 3 nitrogen and oxygen atoms in total. The molecule has 0 atom stereocenters. The quantitative estimate of drug-likeness (QED) is 0.259. The van der Waals surface area contributed by atoms with Crippen molar-refractivity contribution in [3.8, 4) is 23.7 Å². The minimum Gasteiger partial charge on any atom is -0.0977 e. The first-order valence-corrected chi connectivity index (χ1v) is 6.56. The third-order valence-electron chi connectivity index (χ3n) is 2.67. The molecule has 0 aliphatic rings. The van der Waals surface area contributed by atoms with Gasteiger partial charge in [-0.1, -0.05) is 59.1 Å². The van der Waals surface area contributed by atoms with E-state index in [0.29, 0.717) is 13.0 Å². The van der Waals surface area contributed by atoms with E-state index in [4.69, 9.17) is 5.53 Å². The zero-order valence-electron chi connectivity index (χ0n) is 11.5. The maximum absolute atomic E-state index is 8.20. The Hall–Kier alpha value is -3.13. The van der Waals surface area contributed by atoms with Crippen LogP contribution in [0.25, 0.3) is 10.4 Å². The highest BCUT2D eigenvalue weighted by molar-refractivity contribution is 5.52. The lowest BCUT2D eigenvalue weighted by Gasteiger charge is -1.95. The molecule has 0 aliphatic carbocycles. The maximum Gasteiger partial charge on any atom is 0.0405 e. The van der Waals surface area contributed by atoms with Crippen molar-refractivity contribution in [1.82, 2.24) is 0 Å². The van der Waals surface area contributed by atoms with Gasteiger partial charge < -0.3 is 0 Å². The largest absolute Gasteiger partial charge is 0.0977 e. The summed E-state index contributed by atoms with van der Waals surface area (Å²) < 4.78 is 0. The first kappa shape index (κ1) is 14.3. The van der Waals surface area contributed by atoms with E-state index in [9.17, 15) is 0 Å². The Labute approximate surface area is 124 Å². The van der Waals surface area contributed by atoms with Crippen molar-refractivity contribution in [2.45, 2.75) is 6.42 Å². The first-order valence-electron chi connectivity index (χ1n) is 6.56. The Morgan fingerprint density at radius 3 is 2.24 bits per heavy atom. The van der Waals surface area contributed by atoms with Crippen LogP contribution in [0.4, 0.5) is 0 Å². The number of hydrogen-bond donors (Lipinski definition) is 0. The SMILES string of the molecule is [N-]=[N+]=NCCC#Cc1ccccc1C#Cc1ccccc1. The van der Waals surface area contributed by atoms with Gasteiger partial charge in [0.15, 0.2) is 0 Å². The van der Waals surface area contributed by atoms with E-state index in [1.165, 1.54) is 0 Å². The summed E-state index contributed by atoms with van der Waals surface area (Å²) >= 11 is 0. The molecule has 0 unspecified atom stereocenters.